The van der Waals surface area contributed by atoms with Crippen LogP contribution in [0.3, 0.4) is 0 Å². The summed E-state index contributed by atoms with van der Waals surface area (Å²) in [5.74, 6) is 1.43. The Morgan fingerprint density at radius 3 is 2.41 bits per heavy atom. The Hall–Kier alpha value is -3.09. The predicted octanol–water partition coefficient (Wildman–Crippen LogP) is 5.37. The minimum atomic E-state index is -0.907. The molecule has 2 heterocycles. The average Bonchev–Trinajstić information content (AvgIpc) is 3.37. The lowest BCUT2D eigenvalue weighted by molar-refractivity contribution is 0.0986. The van der Waals surface area contributed by atoms with Crippen molar-refractivity contribution < 1.29 is 14.7 Å². The number of benzene rings is 1. The predicted molar refractivity (Wildman–Crippen MR) is 135 cm³/mol. The summed E-state index contributed by atoms with van der Waals surface area (Å²) in [6.45, 7) is 4.08. The number of rotatable bonds is 7. The number of amides is 2. The van der Waals surface area contributed by atoms with Gasteiger partial charge in [-0.3, -0.25) is 4.79 Å². The van der Waals surface area contributed by atoms with Crippen LogP contribution in [-0.4, -0.2) is 59.7 Å². The Bertz CT molecular complexity index is 970. The van der Waals surface area contributed by atoms with E-state index in [9.17, 15) is 14.7 Å². The molecule has 1 aromatic carbocycles. The van der Waals surface area contributed by atoms with Crippen LogP contribution in [0.2, 0.25) is 0 Å². The van der Waals surface area contributed by atoms with Crippen LogP contribution in [0, 0.1) is 0 Å². The molecule has 1 aliphatic heterocycles. The van der Waals surface area contributed by atoms with Crippen LogP contribution in [0.15, 0.2) is 42.6 Å². The monoisotopic (exact) mass is 464 g/mol. The molecule has 2 amide bonds. The van der Waals surface area contributed by atoms with E-state index >= 15 is 0 Å². The van der Waals surface area contributed by atoms with Crippen LogP contribution in [0.25, 0.3) is 0 Å². The molecule has 2 aromatic rings. The Labute approximate surface area is 202 Å². The summed E-state index contributed by atoms with van der Waals surface area (Å²) < 4.78 is 0. The maximum absolute atomic E-state index is 13.4. The smallest absolute Gasteiger partial charge is 0.407 e. The lowest BCUT2D eigenvalue weighted by atomic mass is 9.84. The number of carbonyl (C=O) groups excluding carboxylic acids is 1. The van der Waals surface area contributed by atoms with Crippen molar-refractivity contribution in [2.45, 2.75) is 63.8 Å². The molecule has 1 saturated carbocycles. The molecule has 34 heavy (non-hydrogen) atoms. The maximum Gasteiger partial charge on any atom is 0.407 e. The first-order valence-electron chi connectivity index (χ1n) is 12.6. The number of carboxylic acid groups (broad SMARTS) is 1. The van der Waals surface area contributed by atoms with Crippen LogP contribution in [0.5, 0.6) is 0 Å². The van der Waals surface area contributed by atoms with E-state index in [4.69, 9.17) is 0 Å². The van der Waals surface area contributed by atoms with Crippen molar-refractivity contribution in [3.8, 4) is 0 Å². The Kier molecular flexibility index (Phi) is 7.70. The normalized spacial score (nSPS) is 18.6. The highest BCUT2D eigenvalue weighted by Crippen LogP contribution is 2.33. The van der Waals surface area contributed by atoms with Gasteiger partial charge in [-0.1, -0.05) is 38.3 Å². The molecular weight excluding hydrogens is 428 g/mol. The van der Waals surface area contributed by atoms with Gasteiger partial charge in [0.1, 0.15) is 5.82 Å². The lowest BCUT2D eigenvalue weighted by Crippen LogP contribution is -2.38. The summed E-state index contributed by atoms with van der Waals surface area (Å²) in [4.78, 5) is 34.5. The molecule has 7 nitrogen and oxygen atoms in total. The maximum atomic E-state index is 13.4. The second kappa shape index (κ2) is 10.9. The molecule has 1 aromatic heterocycles. The van der Waals surface area contributed by atoms with Crippen LogP contribution in [0.4, 0.5) is 16.3 Å². The van der Waals surface area contributed by atoms with E-state index in [1.165, 1.54) is 42.6 Å². The van der Waals surface area contributed by atoms with Crippen molar-refractivity contribution in [2.24, 2.45) is 0 Å². The van der Waals surface area contributed by atoms with Crippen molar-refractivity contribution in [1.82, 2.24) is 9.88 Å². The fourth-order valence-electron chi connectivity index (χ4n) is 5.21. The van der Waals surface area contributed by atoms with Gasteiger partial charge in [0.25, 0.3) is 5.91 Å². The zero-order valence-electron chi connectivity index (χ0n) is 20.3. The van der Waals surface area contributed by atoms with E-state index < -0.39 is 6.09 Å². The molecule has 1 N–H and O–H groups in total. The van der Waals surface area contributed by atoms with Crippen LogP contribution in [-0.2, 0) is 0 Å². The highest BCUT2D eigenvalue weighted by molar-refractivity contribution is 6.06. The number of hydrogen-bond acceptors (Lipinski definition) is 4. The number of aromatic nitrogens is 1. The molecule has 0 spiro atoms. The van der Waals surface area contributed by atoms with E-state index in [1.807, 2.05) is 24.3 Å². The first-order chi connectivity index (χ1) is 16.5. The number of likely N-dealkylation sites (N-methyl/N-ethyl adjacent to an activating group) is 1. The lowest BCUT2D eigenvalue weighted by Gasteiger charge is -2.25. The van der Waals surface area contributed by atoms with Gasteiger partial charge < -0.3 is 19.8 Å². The average molecular weight is 465 g/mol. The summed E-state index contributed by atoms with van der Waals surface area (Å²) in [5.41, 5.74) is 2.84. The van der Waals surface area contributed by atoms with Gasteiger partial charge in [0.2, 0.25) is 0 Å². The fraction of sp³-hybridized carbons (Fsp3) is 0.519. The molecule has 0 radical (unpaired) electrons. The zero-order chi connectivity index (χ0) is 24.1. The van der Waals surface area contributed by atoms with Gasteiger partial charge in [-0.2, -0.15) is 0 Å². The molecule has 1 saturated heterocycles. The summed E-state index contributed by atoms with van der Waals surface area (Å²) >= 11 is 0. The van der Waals surface area contributed by atoms with Crippen molar-refractivity contribution in [2.75, 3.05) is 36.5 Å². The number of pyridine rings is 1. The zero-order valence-corrected chi connectivity index (χ0v) is 20.3. The molecule has 4 rings (SSSR count). The number of hydrogen-bond donors (Lipinski definition) is 1. The molecule has 1 unspecified atom stereocenters. The van der Waals surface area contributed by atoms with Gasteiger partial charge in [0.15, 0.2) is 0 Å². The van der Waals surface area contributed by atoms with Crippen molar-refractivity contribution in [3.63, 3.8) is 0 Å². The van der Waals surface area contributed by atoms with Gasteiger partial charge in [-0.05, 0) is 61.4 Å². The van der Waals surface area contributed by atoms with Gasteiger partial charge in [0.05, 0.1) is 17.9 Å². The third-order valence-corrected chi connectivity index (χ3v) is 7.31. The van der Waals surface area contributed by atoms with Gasteiger partial charge in [-0.15, -0.1) is 0 Å². The standard InChI is InChI=1S/C27H36N4O3/c1-3-16-31(26(32)22-11-9-21(10-12-22)20-7-5-4-6-8-20)23-13-14-25(28-18-23)30-17-15-24(19-30)29(2)27(33)34/h9-14,18,20,24H,3-8,15-17,19H2,1-2H3,(H,33,34). The van der Waals surface area contributed by atoms with Gasteiger partial charge in [0, 0.05) is 32.2 Å². The minimum Gasteiger partial charge on any atom is -0.465 e. The van der Waals surface area contributed by atoms with Crippen LogP contribution in [0.1, 0.15) is 73.7 Å². The summed E-state index contributed by atoms with van der Waals surface area (Å²) in [6, 6.07) is 12.1. The topological polar surface area (TPSA) is 77.0 Å². The first-order valence-corrected chi connectivity index (χ1v) is 12.6. The number of nitrogens with zero attached hydrogens (tertiary/aromatic N) is 4. The number of carbonyl (C=O) groups is 2. The third-order valence-electron chi connectivity index (χ3n) is 7.31. The Balaban J connectivity index is 1.44. The van der Waals surface area contributed by atoms with Crippen molar-refractivity contribution >= 4 is 23.5 Å². The second-order valence-electron chi connectivity index (χ2n) is 9.57. The van der Waals surface area contributed by atoms with Crippen molar-refractivity contribution in [1.29, 1.82) is 0 Å². The molecule has 182 valence electrons. The number of anilines is 2. The largest absolute Gasteiger partial charge is 0.465 e. The van der Waals surface area contributed by atoms with Gasteiger partial charge >= 0.3 is 6.09 Å². The van der Waals surface area contributed by atoms with Crippen molar-refractivity contribution in [3.05, 3.63) is 53.7 Å². The fourth-order valence-corrected chi connectivity index (χ4v) is 5.21. The molecule has 1 atom stereocenters. The van der Waals surface area contributed by atoms with E-state index in [-0.39, 0.29) is 11.9 Å². The summed E-state index contributed by atoms with van der Waals surface area (Å²) in [6.07, 6.45) is 8.91. The quantitative estimate of drug-likeness (QED) is 0.596. The van der Waals surface area contributed by atoms with Gasteiger partial charge in [-0.25, -0.2) is 9.78 Å². The van der Waals surface area contributed by atoms with E-state index in [0.717, 1.165) is 30.9 Å². The Morgan fingerprint density at radius 2 is 1.79 bits per heavy atom. The molecule has 2 aliphatic rings. The van der Waals surface area contributed by atoms with E-state index in [1.54, 1.807) is 18.1 Å². The molecule has 7 heteroatoms. The second-order valence-corrected chi connectivity index (χ2v) is 9.57. The van der Waals surface area contributed by atoms with Crippen LogP contribution < -0.4 is 9.80 Å². The SMILES string of the molecule is CCCN(C(=O)c1ccc(C2CCCCC2)cc1)c1ccc(N2CCC(N(C)C(=O)O)C2)nc1. The summed E-state index contributed by atoms with van der Waals surface area (Å²) in [7, 11) is 1.61. The van der Waals surface area contributed by atoms with E-state index in [2.05, 4.69) is 28.9 Å². The molecule has 2 fully saturated rings. The highest BCUT2D eigenvalue weighted by Gasteiger charge is 2.29. The van der Waals surface area contributed by atoms with Crippen LogP contribution >= 0.6 is 0 Å². The minimum absolute atomic E-state index is 0.00378. The molecule has 1 aliphatic carbocycles. The molecule has 0 bridgehead atoms. The van der Waals surface area contributed by atoms with E-state index in [0.29, 0.717) is 24.6 Å². The Morgan fingerprint density at radius 1 is 1.06 bits per heavy atom. The summed E-state index contributed by atoms with van der Waals surface area (Å²) in [5, 5.41) is 9.23. The molecular formula is C27H36N4O3. The highest BCUT2D eigenvalue weighted by atomic mass is 16.4. The first kappa shape index (κ1) is 24.0. The third kappa shape index (κ3) is 5.34.